The first-order valence-corrected chi connectivity index (χ1v) is 39.6. The van der Waals surface area contributed by atoms with E-state index in [1.807, 2.05) is 0 Å². The van der Waals surface area contributed by atoms with Gasteiger partial charge in [-0.05, 0) is 102 Å². The van der Waals surface area contributed by atoms with Crippen molar-refractivity contribution in [2.24, 2.45) is 41.1 Å². The zero-order valence-electron chi connectivity index (χ0n) is 63.6. The van der Waals surface area contributed by atoms with Crippen molar-refractivity contribution in [1.82, 2.24) is 73.2 Å². The van der Waals surface area contributed by atoms with Gasteiger partial charge in [0.25, 0.3) is 0 Å². The van der Waals surface area contributed by atoms with Gasteiger partial charge in [-0.15, -0.1) is 0 Å². The molecule has 3 saturated heterocycles. The van der Waals surface area contributed by atoms with Crippen molar-refractivity contribution in [2.75, 3.05) is 38.6 Å². The van der Waals surface area contributed by atoms with Gasteiger partial charge < -0.3 is 105 Å². The van der Waals surface area contributed by atoms with Crippen LogP contribution in [0.1, 0.15) is 166 Å². The number of fused-ring (bicyclic) bond motifs is 4. The highest BCUT2D eigenvalue weighted by atomic mass is 33.1. The van der Waals surface area contributed by atoms with Gasteiger partial charge in [0.15, 0.2) is 5.96 Å². The Kier molecular flexibility index (Phi) is 35.1. The van der Waals surface area contributed by atoms with Crippen molar-refractivity contribution >= 4 is 116 Å². The Morgan fingerprint density at radius 3 is 1.88 bits per heavy atom. The number of carbonyl (C=O) groups is 15. The molecular weight excluding hydrogens is 1450 g/mol. The minimum Gasteiger partial charge on any atom is -0.481 e. The second-order valence-corrected chi connectivity index (χ2v) is 32.8. The maximum atomic E-state index is 15.7. The molecule has 5 aliphatic rings. The Bertz CT molecular complexity index is 3290. The number of rotatable bonds is 26. The van der Waals surface area contributed by atoms with Gasteiger partial charge in [0.05, 0.1) is 25.7 Å². The molecule has 36 nitrogen and oxygen atoms in total. The first-order valence-electron chi connectivity index (χ1n) is 37.3. The molecular formula is C70H115N17O19S2. The summed E-state index contributed by atoms with van der Waals surface area (Å²) in [6.07, 6.45) is 5.75. The van der Waals surface area contributed by atoms with E-state index in [0.717, 1.165) is 32.9 Å². The molecule has 38 heteroatoms. The number of carboxylic acids is 2. The Morgan fingerprint density at radius 1 is 0.694 bits per heavy atom. The van der Waals surface area contributed by atoms with Crippen molar-refractivity contribution in [2.45, 2.75) is 261 Å². The highest BCUT2D eigenvalue weighted by Gasteiger charge is 2.52. The molecule has 13 amide bonds. The quantitative estimate of drug-likeness (QED) is 0.0137. The number of carboxylic acid groups (broad SMARTS) is 2. The van der Waals surface area contributed by atoms with E-state index < -0.39 is 233 Å². The summed E-state index contributed by atoms with van der Waals surface area (Å²) in [6.45, 7) is 15.8. The van der Waals surface area contributed by atoms with Crippen molar-refractivity contribution in [3.63, 3.8) is 0 Å². The van der Waals surface area contributed by atoms with E-state index in [1.54, 1.807) is 61.5 Å². The first kappa shape index (κ1) is 90.3. The molecule has 108 heavy (non-hydrogen) atoms. The van der Waals surface area contributed by atoms with Gasteiger partial charge in [0.1, 0.15) is 78.5 Å². The number of guanidine groups is 1. The number of hydrogen-bond acceptors (Lipinski definition) is 21. The van der Waals surface area contributed by atoms with E-state index in [1.165, 1.54) is 36.6 Å². The van der Waals surface area contributed by atoms with Crippen molar-refractivity contribution in [1.29, 1.82) is 5.41 Å². The fourth-order valence-corrected chi connectivity index (χ4v) is 16.6. The SMILES string of the molecule is CCC(C)[C@H](NC(=O)[C@H](C)N)C(=O)N[C@H]1CSSC(C)(C)[C@@H](C(=O)N[C@H](C(=O)N2CCC[C@H]2C(=O)N[C@@H](CC(=O)O)C(=O)O)C(C)CC)NC(=O)[C@H]([C@@H](C)CC)NC(=O)[C@@H]2CC3CCCCC3N2C(=O)C2C=CCN2C(=O)[C@H](CC(C)C)NC(=O)[C@H](CO)NC(=O)[C@H](CCCNC(=N)N)NC(=O)[C@H](CO)NC1=O. The minimum atomic E-state index is -1.92. The number of nitrogens with two attached hydrogens (primary N) is 2. The number of hydrogen-bond donors (Lipinski definition) is 18. The van der Waals surface area contributed by atoms with Crippen LogP contribution >= 0.6 is 21.6 Å². The van der Waals surface area contributed by atoms with Crippen LogP contribution in [0.25, 0.3) is 0 Å². The summed E-state index contributed by atoms with van der Waals surface area (Å²) in [5, 5.41) is 77.1. The molecule has 0 spiro atoms. The molecule has 0 aromatic rings. The lowest BCUT2D eigenvalue weighted by Crippen LogP contribution is -2.64. The highest BCUT2D eigenvalue weighted by molar-refractivity contribution is 8.77. The summed E-state index contributed by atoms with van der Waals surface area (Å²) in [7, 11) is 1.74. The van der Waals surface area contributed by atoms with E-state index in [9.17, 15) is 63.6 Å². The smallest absolute Gasteiger partial charge is 0.326 e. The molecule has 19 atom stereocenters. The number of aliphatic carboxylic acids is 2. The van der Waals surface area contributed by atoms with Gasteiger partial charge >= 0.3 is 11.9 Å². The largest absolute Gasteiger partial charge is 0.481 e. The highest BCUT2D eigenvalue weighted by Crippen LogP contribution is 2.42. The Balaban J connectivity index is 1.70. The average molecular weight is 1560 g/mol. The van der Waals surface area contributed by atoms with Gasteiger partial charge in [0, 0.05) is 36.2 Å². The summed E-state index contributed by atoms with van der Waals surface area (Å²) >= 11 is 0. The Morgan fingerprint density at radius 2 is 1.30 bits per heavy atom. The molecule has 4 aliphatic heterocycles. The summed E-state index contributed by atoms with van der Waals surface area (Å²) in [6, 6.07) is -21.7. The van der Waals surface area contributed by atoms with E-state index in [2.05, 4.69) is 58.5 Å². The molecule has 4 fully saturated rings. The summed E-state index contributed by atoms with van der Waals surface area (Å²) < 4.78 is -1.60. The average Bonchev–Trinajstić information content (AvgIpc) is 1.61. The van der Waals surface area contributed by atoms with Crippen LogP contribution in [0.5, 0.6) is 0 Å². The summed E-state index contributed by atoms with van der Waals surface area (Å²) in [5.41, 5.74) is 11.4. The van der Waals surface area contributed by atoms with Crippen molar-refractivity contribution < 1.29 is 92.3 Å². The Labute approximate surface area is 637 Å². The maximum Gasteiger partial charge on any atom is 0.326 e. The summed E-state index contributed by atoms with van der Waals surface area (Å²) in [4.78, 5) is 219. The van der Waals surface area contributed by atoms with Crippen molar-refractivity contribution in [3.8, 4) is 0 Å². The molecule has 606 valence electrons. The van der Waals surface area contributed by atoms with Crippen LogP contribution in [0.4, 0.5) is 0 Å². The van der Waals surface area contributed by atoms with E-state index in [-0.39, 0.29) is 82.8 Å². The fraction of sp³-hybridized carbons (Fsp3) is 0.743. The molecule has 0 aromatic carbocycles. The molecule has 1 saturated carbocycles. The van der Waals surface area contributed by atoms with Crippen LogP contribution in [-0.4, -0.2) is 264 Å². The lowest BCUT2D eigenvalue weighted by Gasteiger charge is -2.38. The zero-order valence-corrected chi connectivity index (χ0v) is 65.2. The van der Waals surface area contributed by atoms with Crippen LogP contribution in [0.3, 0.4) is 0 Å². The van der Waals surface area contributed by atoms with Crippen molar-refractivity contribution in [3.05, 3.63) is 12.2 Å². The number of amides is 13. The predicted octanol–water partition coefficient (Wildman–Crippen LogP) is -2.74. The molecule has 1 aliphatic carbocycles. The van der Waals surface area contributed by atoms with Gasteiger partial charge in [-0.3, -0.25) is 72.5 Å². The van der Waals surface area contributed by atoms with E-state index in [4.69, 9.17) is 16.9 Å². The standard InChI is InChI=1S/C70H115N17O19S2/c1-12-35(6)51(81-55(92)38(9)71)62(99)80-45-33-107-108-70(10,11)54(64(101)83-53(37(8)14-3)67(104)85-26-18-23-47(85)60(97)77-42(68(105)106)30-50(90)91)84-63(100)52(36(7)13-2)82-61(98)49-29-39-20-15-16-22-46(39)87(49)66(103)48-24-19-27-86(48)65(102)41(28-34(4)5)76-58(95)44(32-89)78-56(93)40(21-17-25-74-69(72)73)75-57(94)43(31-88)79-59(45)96/h19,24,34-49,51-54,88-89H,12-18,20-23,25-33,71H2,1-11H3,(H,75,94)(H,76,95)(H,77,97)(H,78,93)(H,79,96)(H,80,99)(H,81,92)(H,82,98)(H,83,101)(H,84,100)(H,90,91)(H,105,106)(H4,72,73,74)/t35?,36-,37?,38-,39?,40-,41-,42-,43-,44-,45-,46?,47-,48?,49-,51-,52-,53-,54+/m0/s1. The second-order valence-electron chi connectivity index (χ2n) is 29.8. The molecule has 4 heterocycles. The normalized spacial score (nSPS) is 27.7. The lowest BCUT2D eigenvalue weighted by atomic mass is 9.84. The first-order chi connectivity index (χ1) is 50.9. The second kappa shape index (κ2) is 42.0. The van der Waals surface area contributed by atoms with Crippen LogP contribution in [0.15, 0.2) is 12.2 Å². The molecule has 0 bridgehead atoms. The number of aliphatic hydroxyl groups is 2. The molecule has 20 N–H and O–H groups in total. The van der Waals surface area contributed by atoms with Gasteiger partial charge in [0.2, 0.25) is 76.8 Å². The van der Waals surface area contributed by atoms with Crippen LogP contribution < -0.4 is 70.0 Å². The summed E-state index contributed by atoms with van der Waals surface area (Å²) in [5.74, 6) is -18.3. The van der Waals surface area contributed by atoms with Gasteiger partial charge in [-0.25, -0.2) is 4.79 Å². The topological polar surface area (TPSA) is 555 Å². The lowest BCUT2D eigenvalue weighted by molar-refractivity contribution is -0.149. The van der Waals surface area contributed by atoms with Crippen LogP contribution in [0, 0.1) is 35.0 Å². The third kappa shape index (κ3) is 24.6. The maximum absolute atomic E-state index is 15.7. The monoisotopic (exact) mass is 1560 g/mol. The third-order valence-corrected chi connectivity index (χ3v) is 24.0. The Hall–Kier alpha value is -8.36. The van der Waals surface area contributed by atoms with Crippen LogP contribution in [0.2, 0.25) is 0 Å². The number of carbonyl (C=O) groups excluding carboxylic acids is 13. The number of aliphatic hydroxyl groups excluding tert-OH is 2. The number of likely N-dealkylation sites (tertiary alicyclic amines) is 1. The molecule has 5 rings (SSSR count). The number of nitrogens with zero attached hydrogens (tertiary/aromatic N) is 3. The molecule has 5 unspecified atom stereocenters. The minimum absolute atomic E-state index is 0.0102. The molecule has 0 radical (unpaired) electrons. The fourth-order valence-electron chi connectivity index (χ4n) is 13.8. The zero-order chi connectivity index (χ0) is 80.8. The van der Waals surface area contributed by atoms with E-state index in [0.29, 0.717) is 25.7 Å². The third-order valence-electron chi connectivity index (χ3n) is 20.7. The van der Waals surface area contributed by atoms with E-state index >= 15 is 28.8 Å². The van der Waals surface area contributed by atoms with Gasteiger partial charge in [-0.2, -0.15) is 0 Å². The number of nitrogens with one attached hydrogen (secondary N) is 12. The van der Waals surface area contributed by atoms with Crippen LogP contribution in [-0.2, 0) is 71.9 Å². The van der Waals surface area contributed by atoms with Gasteiger partial charge in [-0.1, -0.05) is 121 Å². The predicted molar refractivity (Wildman–Crippen MR) is 398 cm³/mol. The molecule has 0 aromatic heterocycles.